The second-order valence-electron chi connectivity index (χ2n) is 8.49. The number of fused-ring (bicyclic) bond motifs is 2. The van der Waals surface area contributed by atoms with Crippen LogP contribution in [-0.4, -0.2) is 28.9 Å². The Bertz CT molecular complexity index is 1180. The van der Waals surface area contributed by atoms with Crippen LogP contribution in [0.4, 0.5) is 4.39 Å². The van der Waals surface area contributed by atoms with Crippen LogP contribution in [0.3, 0.4) is 0 Å². The van der Waals surface area contributed by atoms with E-state index in [9.17, 15) is 9.18 Å². The number of nitrogens with one attached hydrogen (secondary N) is 1. The summed E-state index contributed by atoms with van der Waals surface area (Å²) in [5.74, 6) is 0.0984. The first-order valence-corrected chi connectivity index (χ1v) is 11.0. The Balaban J connectivity index is 1.28. The third-order valence-electron chi connectivity index (χ3n) is 6.38. The highest BCUT2D eigenvalue weighted by Crippen LogP contribution is 2.28. The van der Waals surface area contributed by atoms with Gasteiger partial charge in [-0.2, -0.15) is 0 Å². The van der Waals surface area contributed by atoms with Crippen molar-refractivity contribution in [3.05, 3.63) is 93.6 Å². The van der Waals surface area contributed by atoms with E-state index in [2.05, 4.69) is 33.4 Å². The van der Waals surface area contributed by atoms with Crippen molar-refractivity contribution in [1.29, 1.82) is 0 Å². The fraction of sp³-hybridized carbons (Fsp3) is 0.308. The highest BCUT2D eigenvalue weighted by Gasteiger charge is 2.22. The first kappa shape index (κ1) is 20.6. The monoisotopic (exact) mass is 431 g/mol. The molecule has 3 heterocycles. The van der Waals surface area contributed by atoms with E-state index in [0.717, 1.165) is 56.1 Å². The van der Waals surface area contributed by atoms with Gasteiger partial charge in [-0.05, 0) is 59.4 Å². The van der Waals surface area contributed by atoms with Gasteiger partial charge in [0.25, 0.3) is 5.91 Å². The normalized spacial score (nSPS) is 15.1. The van der Waals surface area contributed by atoms with Crippen molar-refractivity contribution < 1.29 is 13.9 Å². The maximum atomic E-state index is 13.9. The Kier molecular flexibility index (Phi) is 5.62. The van der Waals surface area contributed by atoms with Gasteiger partial charge < -0.3 is 10.1 Å². The van der Waals surface area contributed by atoms with E-state index in [0.29, 0.717) is 6.54 Å². The molecular weight excluding hydrogens is 405 g/mol. The van der Waals surface area contributed by atoms with Crippen LogP contribution >= 0.6 is 0 Å². The van der Waals surface area contributed by atoms with Gasteiger partial charge in [-0.3, -0.25) is 14.7 Å². The molecule has 5 rings (SSSR count). The smallest absolute Gasteiger partial charge is 0.254 e. The summed E-state index contributed by atoms with van der Waals surface area (Å²) in [5.41, 5.74) is 7.06. The lowest BCUT2D eigenvalue weighted by Gasteiger charge is -2.30. The molecule has 2 aromatic carbocycles. The Morgan fingerprint density at radius 1 is 1.19 bits per heavy atom. The number of hydrogen-bond acceptors (Lipinski definition) is 4. The lowest BCUT2D eigenvalue weighted by Crippen LogP contribution is -2.32. The van der Waals surface area contributed by atoms with Gasteiger partial charge >= 0.3 is 0 Å². The molecule has 0 saturated carbocycles. The van der Waals surface area contributed by atoms with Crippen LogP contribution in [0.2, 0.25) is 0 Å². The zero-order valence-electron chi connectivity index (χ0n) is 18.2. The van der Waals surface area contributed by atoms with Gasteiger partial charge in [0.1, 0.15) is 11.6 Å². The van der Waals surface area contributed by atoms with E-state index in [1.165, 1.54) is 34.4 Å². The second kappa shape index (κ2) is 8.71. The molecule has 2 aliphatic heterocycles. The number of nitrogens with zero attached hydrogens (tertiary/aromatic N) is 2. The molecular formula is C26H26FN3O2. The molecule has 1 N–H and O–H groups in total. The molecule has 0 bridgehead atoms. The van der Waals surface area contributed by atoms with Crippen molar-refractivity contribution in [3.63, 3.8) is 0 Å². The number of aromatic nitrogens is 1. The van der Waals surface area contributed by atoms with Crippen LogP contribution < -0.4 is 10.1 Å². The van der Waals surface area contributed by atoms with Crippen LogP contribution in [0.25, 0.3) is 0 Å². The number of carbonyl (C=O) groups excluding carboxylic acids is 1. The van der Waals surface area contributed by atoms with Gasteiger partial charge in [-0.1, -0.05) is 24.3 Å². The van der Waals surface area contributed by atoms with Gasteiger partial charge in [0.15, 0.2) is 0 Å². The first-order chi connectivity index (χ1) is 15.6. The minimum absolute atomic E-state index is 0.0637. The largest absolute Gasteiger partial charge is 0.493 e. The molecule has 164 valence electrons. The summed E-state index contributed by atoms with van der Waals surface area (Å²) in [4.78, 5) is 19.5. The van der Waals surface area contributed by atoms with E-state index < -0.39 is 11.7 Å². The van der Waals surface area contributed by atoms with Crippen LogP contribution in [0.15, 0.2) is 48.7 Å². The SMILES string of the molecule is Cc1ncc2c(c1CNC(=O)c1ccccc1F)CCN(Cc1ccc3c(c1)CCO3)C2. The third-order valence-corrected chi connectivity index (χ3v) is 6.38. The number of rotatable bonds is 5. The molecule has 5 nitrogen and oxygen atoms in total. The summed E-state index contributed by atoms with van der Waals surface area (Å²) in [6.45, 7) is 5.74. The van der Waals surface area contributed by atoms with Crippen LogP contribution in [-0.2, 0) is 32.5 Å². The van der Waals surface area contributed by atoms with Gasteiger partial charge in [0, 0.05) is 44.5 Å². The number of pyridine rings is 1. The minimum atomic E-state index is -0.510. The summed E-state index contributed by atoms with van der Waals surface area (Å²) >= 11 is 0. The molecule has 2 aliphatic rings. The topological polar surface area (TPSA) is 54.5 Å². The molecule has 6 heteroatoms. The van der Waals surface area contributed by atoms with Crippen molar-refractivity contribution in [3.8, 4) is 5.75 Å². The lowest BCUT2D eigenvalue weighted by molar-refractivity contribution is 0.0946. The third kappa shape index (κ3) is 4.10. The van der Waals surface area contributed by atoms with Gasteiger partial charge in [0.2, 0.25) is 0 Å². The number of aryl methyl sites for hydroxylation is 1. The van der Waals surface area contributed by atoms with Crippen LogP contribution in [0, 0.1) is 12.7 Å². The quantitative estimate of drug-likeness (QED) is 0.665. The maximum absolute atomic E-state index is 13.9. The zero-order chi connectivity index (χ0) is 22.1. The molecule has 32 heavy (non-hydrogen) atoms. The van der Waals surface area contributed by atoms with Gasteiger partial charge in [0.05, 0.1) is 12.2 Å². The fourth-order valence-corrected chi connectivity index (χ4v) is 4.66. The lowest BCUT2D eigenvalue weighted by atomic mass is 9.94. The molecule has 0 aliphatic carbocycles. The number of ether oxygens (including phenoxy) is 1. The van der Waals surface area contributed by atoms with Crippen LogP contribution in [0.5, 0.6) is 5.75 Å². The van der Waals surface area contributed by atoms with E-state index in [4.69, 9.17) is 4.74 Å². The van der Waals surface area contributed by atoms with Crippen molar-refractivity contribution in [2.24, 2.45) is 0 Å². The molecule has 0 fully saturated rings. The molecule has 0 spiro atoms. The molecule has 3 aromatic rings. The first-order valence-electron chi connectivity index (χ1n) is 11.0. The number of halogens is 1. The number of amides is 1. The summed E-state index contributed by atoms with van der Waals surface area (Å²) in [6.07, 6.45) is 3.84. The molecule has 0 radical (unpaired) electrons. The molecule has 1 amide bonds. The number of carbonyl (C=O) groups is 1. The fourth-order valence-electron chi connectivity index (χ4n) is 4.66. The Morgan fingerprint density at radius 2 is 2.06 bits per heavy atom. The predicted octanol–water partition coefficient (Wildman–Crippen LogP) is 3.95. The van der Waals surface area contributed by atoms with Crippen molar-refractivity contribution in [2.45, 2.75) is 39.4 Å². The summed E-state index contributed by atoms with van der Waals surface area (Å²) in [6, 6.07) is 12.5. The van der Waals surface area contributed by atoms with E-state index in [1.807, 2.05) is 13.1 Å². The average Bonchev–Trinajstić information content (AvgIpc) is 3.26. The minimum Gasteiger partial charge on any atom is -0.493 e. The second-order valence-corrected chi connectivity index (χ2v) is 8.49. The molecule has 0 unspecified atom stereocenters. The molecule has 1 aromatic heterocycles. The summed E-state index contributed by atoms with van der Waals surface area (Å²) in [7, 11) is 0. The Morgan fingerprint density at radius 3 is 2.94 bits per heavy atom. The number of benzene rings is 2. The molecule has 0 atom stereocenters. The predicted molar refractivity (Wildman–Crippen MR) is 120 cm³/mol. The van der Waals surface area contributed by atoms with Crippen molar-refractivity contribution in [2.75, 3.05) is 13.2 Å². The van der Waals surface area contributed by atoms with E-state index >= 15 is 0 Å². The highest BCUT2D eigenvalue weighted by atomic mass is 19.1. The van der Waals surface area contributed by atoms with Gasteiger partial charge in [-0.25, -0.2) is 4.39 Å². The Labute approximate surface area is 187 Å². The summed E-state index contributed by atoms with van der Waals surface area (Å²) < 4.78 is 19.5. The maximum Gasteiger partial charge on any atom is 0.254 e. The molecule has 0 saturated heterocycles. The Hall–Kier alpha value is -3.25. The van der Waals surface area contributed by atoms with E-state index in [-0.39, 0.29) is 5.56 Å². The average molecular weight is 432 g/mol. The van der Waals surface area contributed by atoms with Crippen LogP contribution in [0.1, 0.15) is 43.9 Å². The summed E-state index contributed by atoms with van der Waals surface area (Å²) in [5, 5.41) is 2.88. The van der Waals surface area contributed by atoms with Crippen molar-refractivity contribution in [1.82, 2.24) is 15.2 Å². The standard InChI is InChI=1S/C26H26FN3O2/c1-17-23(14-29-26(31)22-4-2-3-5-24(22)27)21-8-10-30(16-20(21)13-28-17)15-18-6-7-25-19(12-18)9-11-32-25/h2-7,12-13H,8-11,14-16H2,1H3,(H,29,31). The van der Waals surface area contributed by atoms with Gasteiger partial charge in [-0.15, -0.1) is 0 Å². The van der Waals surface area contributed by atoms with Crippen molar-refractivity contribution >= 4 is 5.91 Å². The van der Waals surface area contributed by atoms with E-state index in [1.54, 1.807) is 12.1 Å². The number of hydrogen-bond donors (Lipinski definition) is 1. The zero-order valence-corrected chi connectivity index (χ0v) is 18.2. The highest BCUT2D eigenvalue weighted by molar-refractivity contribution is 5.94.